The molecule has 1 aromatic heterocycles. The summed E-state index contributed by atoms with van der Waals surface area (Å²) in [7, 11) is 0. The third-order valence-corrected chi connectivity index (χ3v) is 2.21. The van der Waals surface area contributed by atoms with E-state index in [9.17, 15) is 9.18 Å². The predicted molar refractivity (Wildman–Crippen MR) is 55.4 cm³/mol. The fourth-order valence-electron chi connectivity index (χ4n) is 1.45. The second-order valence-corrected chi connectivity index (χ2v) is 3.38. The Bertz CT molecular complexity index is 459. The monoisotopic (exact) mass is 203 g/mol. The molecule has 15 heavy (non-hydrogen) atoms. The molecule has 0 aliphatic heterocycles. The summed E-state index contributed by atoms with van der Waals surface area (Å²) in [6.45, 7) is 0. The van der Waals surface area contributed by atoms with E-state index in [1.54, 1.807) is 24.4 Å². The van der Waals surface area contributed by atoms with Crippen LogP contribution in [0.15, 0.2) is 36.5 Å². The van der Waals surface area contributed by atoms with Crippen LogP contribution in [0.2, 0.25) is 0 Å². The minimum absolute atomic E-state index is 0.237. The van der Waals surface area contributed by atoms with Gasteiger partial charge in [0.05, 0.1) is 0 Å². The average Bonchev–Trinajstić information content (AvgIpc) is 2.69. The van der Waals surface area contributed by atoms with Crippen molar-refractivity contribution in [3.63, 3.8) is 0 Å². The number of carbonyl (C=O) groups excluding carboxylic acids is 1. The molecule has 0 radical (unpaired) electrons. The molecule has 1 aromatic carbocycles. The Morgan fingerprint density at radius 2 is 2.00 bits per heavy atom. The second-order valence-electron chi connectivity index (χ2n) is 3.38. The first-order valence-electron chi connectivity index (χ1n) is 4.65. The Morgan fingerprint density at radius 1 is 1.27 bits per heavy atom. The van der Waals surface area contributed by atoms with E-state index in [1.807, 2.05) is 0 Å². The highest BCUT2D eigenvalue weighted by molar-refractivity contribution is 5.74. The van der Waals surface area contributed by atoms with Gasteiger partial charge < -0.3 is 4.98 Å². The van der Waals surface area contributed by atoms with Gasteiger partial charge in [0.1, 0.15) is 5.82 Å². The molecule has 76 valence electrons. The topological polar surface area (TPSA) is 32.9 Å². The van der Waals surface area contributed by atoms with Crippen LogP contribution in [0.1, 0.15) is 21.6 Å². The van der Waals surface area contributed by atoms with Crippen molar-refractivity contribution in [2.45, 2.75) is 6.42 Å². The molecule has 0 spiro atoms. The maximum absolute atomic E-state index is 12.6. The van der Waals surface area contributed by atoms with Crippen LogP contribution in [0.3, 0.4) is 0 Å². The summed E-state index contributed by atoms with van der Waals surface area (Å²) >= 11 is 0. The van der Waals surface area contributed by atoms with Gasteiger partial charge >= 0.3 is 0 Å². The van der Waals surface area contributed by atoms with Crippen molar-refractivity contribution >= 4 is 6.29 Å². The van der Waals surface area contributed by atoms with Gasteiger partial charge in [0, 0.05) is 23.9 Å². The van der Waals surface area contributed by atoms with Gasteiger partial charge in [0.25, 0.3) is 0 Å². The fraction of sp³-hybridized carbons (Fsp3) is 0.0833. The summed E-state index contributed by atoms with van der Waals surface area (Å²) in [6.07, 6.45) is 3.13. The third-order valence-electron chi connectivity index (χ3n) is 2.21. The largest absolute Gasteiger partial charge is 0.364 e. The quantitative estimate of drug-likeness (QED) is 0.764. The van der Waals surface area contributed by atoms with E-state index in [0.29, 0.717) is 12.0 Å². The first kappa shape index (κ1) is 9.65. The molecule has 0 aliphatic carbocycles. The summed E-state index contributed by atoms with van der Waals surface area (Å²) in [5.41, 5.74) is 2.59. The van der Waals surface area contributed by atoms with Gasteiger partial charge in [0.15, 0.2) is 6.29 Å². The smallest absolute Gasteiger partial charge is 0.151 e. The van der Waals surface area contributed by atoms with Gasteiger partial charge in [-0.25, -0.2) is 4.39 Å². The molecule has 0 unspecified atom stereocenters. The second kappa shape index (κ2) is 4.09. The van der Waals surface area contributed by atoms with Gasteiger partial charge in [-0.3, -0.25) is 4.79 Å². The van der Waals surface area contributed by atoms with Gasteiger partial charge in [-0.1, -0.05) is 12.1 Å². The fourth-order valence-corrected chi connectivity index (χ4v) is 1.45. The predicted octanol–water partition coefficient (Wildman–Crippen LogP) is 2.56. The van der Waals surface area contributed by atoms with Crippen LogP contribution in [0.4, 0.5) is 4.39 Å². The Hall–Kier alpha value is -1.90. The highest BCUT2D eigenvalue weighted by Gasteiger charge is 2.00. The molecule has 0 amide bonds. The number of aldehydes is 1. The van der Waals surface area contributed by atoms with Crippen LogP contribution < -0.4 is 0 Å². The molecule has 2 nitrogen and oxygen atoms in total. The maximum Gasteiger partial charge on any atom is 0.151 e. The number of rotatable bonds is 3. The highest BCUT2D eigenvalue weighted by Crippen LogP contribution is 2.10. The molecule has 2 rings (SSSR count). The minimum Gasteiger partial charge on any atom is -0.364 e. The Labute approximate surface area is 86.8 Å². The molecule has 0 aliphatic rings. The molecular formula is C12H10FNO. The van der Waals surface area contributed by atoms with Crippen LogP contribution in [-0.2, 0) is 6.42 Å². The van der Waals surface area contributed by atoms with Crippen LogP contribution in [0.25, 0.3) is 0 Å². The van der Waals surface area contributed by atoms with Crippen molar-refractivity contribution in [1.82, 2.24) is 4.98 Å². The Balaban J connectivity index is 2.14. The van der Waals surface area contributed by atoms with E-state index >= 15 is 0 Å². The number of benzene rings is 1. The summed E-state index contributed by atoms with van der Waals surface area (Å²) in [4.78, 5) is 13.4. The third kappa shape index (κ3) is 2.31. The van der Waals surface area contributed by atoms with E-state index in [1.165, 1.54) is 12.1 Å². The summed E-state index contributed by atoms with van der Waals surface area (Å²) in [5.74, 6) is -0.237. The normalized spacial score (nSPS) is 10.2. The zero-order chi connectivity index (χ0) is 10.7. The van der Waals surface area contributed by atoms with E-state index in [4.69, 9.17) is 0 Å². The lowest BCUT2D eigenvalue weighted by Crippen LogP contribution is -1.87. The number of carbonyl (C=O) groups is 1. The molecular weight excluding hydrogens is 193 g/mol. The van der Waals surface area contributed by atoms with E-state index in [2.05, 4.69) is 4.98 Å². The number of aromatic nitrogens is 1. The van der Waals surface area contributed by atoms with Crippen molar-refractivity contribution in [3.8, 4) is 0 Å². The number of H-pyrrole nitrogens is 1. The van der Waals surface area contributed by atoms with Gasteiger partial charge in [-0.05, 0) is 23.8 Å². The molecule has 0 fully saturated rings. The van der Waals surface area contributed by atoms with Crippen molar-refractivity contribution in [3.05, 3.63) is 59.2 Å². The van der Waals surface area contributed by atoms with Crippen LogP contribution >= 0.6 is 0 Å². The molecule has 0 atom stereocenters. The summed E-state index contributed by atoms with van der Waals surface area (Å²) in [5, 5.41) is 0. The Morgan fingerprint density at radius 3 is 2.60 bits per heavy atom. The standard InChI is InChI=1S/C12H10FNO/c13-11-3-1-9(2-4-11)5-12-6-10(8-15)7-14-12/h1-4,6-8,14H,5H2. The highest BCUT2D eigenvalue weighted by atomic mass is 19.1. The first-order chi connectivity index (χ1) is 7.28. The molecule has 1 N–H and O–H groups in total. The number of halogens is 1. The van der Waals surface area contributed by atoms with E-state index in [0.717, 1.165) is 17.5 Å². The molecule has 3 heteroatoms. The SMILES string of the molecule is O=Cc1c[nH]c(Cc2ccc(F)cc2)c1. The van der Waals surface area contributed by atoms with Crippen molar-refractivity contribution in [2.24, 2.45) is 0 Å². The van der Waals surface area contributed by atoms with E-state index < -0.39 is 0 Å². The van der Waals surface area contributed by atoms with Crippen molar-refractivity contribution in [1.29, 1.82) is 0 Å². The van der Waals surface area contributed by atoms with Crippen LogP contribution in [0, 0.1) is 5.82 Å². The molecule has 2 aromatic rings. The van der Waals surface area contributed by atoms with E-state index in [-0.39, 0.29) is 5.82 Å². The minimum atomic E-state index is -0.237. The summed E-state index contributed by atoms with van der Waals surface area (Å²) < 4.78 is 12.6. The first-order valence-corrected chi connectivity index (χ1v) is 4.65. The lowest BCUT2D eigenvalue weighted by atomic mass is 10.1. The van der Waals surface area contributed by atoms with Gasteiger partial charge in [-0.2, -0.15) is 0 Å². The lowest BCUT2D eigenvalue weighted by Gasteiger charge is -1.98. The van der Waals surface area contributed by atoms with Crippen LogP contribution in [0.5, 0.6) is 0 Å². The number of aromatic amines is 1. The Kier molecular flexibility index (Phi) is 2.63. The van der Waals surface area contributed by atoms with Gasteiger partial charge in [0.2, 0.25) is 0 Å². The van der Waals surface area contributed by atoms with Crippen molar-refractivity contribution in [2.75, 3.05) is 0 Å². The molecule has 1 heterocycles. The average molecular weight is 203 g/mol. The number of hydrogen-bond donors (Lipinski definition) is 1. The van der Waals surface area contributed by atoms with Gasteiger partial charge in [-0.15, -0.1) is 0 Å². The molecule has 0 saturated heterocycles. The molecule has 0 saturated carbocycles. The van der Waals surface area contributed by atoms with Crippen LogP contribution in [-0.4, -0.2) is 11.3 Å². The zero-order valence-electron chi connectivity index (χ0n) is 8.03. The zero-order valence-corrected chi connectivity index (χ0v) is 8.03. The number of hydrogen-bond acceptors (Lipinski definition) is 1. The number of nitrogens with one attached hydrogen (secondary N) is 1. The summed E-state index contributed by atoms with van der Waals surface area (Å²) in [6, 6.07) is 8.11. The maximum atomic E-state index is 12.6. The molecule has 0 bridgehead atoms. The lowest BCUT2D eigenvalue weighted by molar-refractivity contribution is 0.112. The van der Waals surface area contributed by atoms with Crippen molar-refractivity contribution < 1.29 is 9.18 Å².